The fourth-order valence-electron chi connectivity index (χ4n) is 8.09. The minimum atomic E-state index is -0.100. The second kappa shape index (κ2) is 8.64. The van der Waals surface area contributed by atoms with E-state index >= 15 is 0 Å². The largest absolute Gasteiger partial charge is 0.508 e. The normalized spacial score (nSPS) is 35.7. The molecule has 1 spiro atoms. The summed E-state index contributed by atoms with van der Waals surface area (Å²) in [6.45, 7) is 4.03. The fraction of sp³-hybridized carbons (Fsp3) is 0.533. The zero-order chi connectivity index (χ0) is 23.3. The minimum Gasteiger partial charge on any atom is -0.508 e. The lowest BCUT2D eigenvalue weighted by atomic mass is 9.49. The van der Waals surface area contributed by atoms with Gasteiger partial charge in [-0.15, -0.1) is 0 Å². The predicted octanol–water partition coefficient (Wildman–Crippen LogP) is 6.71. The third-order valence-electron chi connectivity index (χ3n) is 9.59. The number of aromatic hydroxyl groups is 1. The molecule has 3 aliphatic carbocycles. The molecule has 4 heteroatoms. The van der Waals surface area contributed by atoms with Crippen LogP contribution in [0.2, 0.25) is 0 Å². The molecule has 0 radical (unpaired) electrons. The van der Waals surface area contributed by atoms with Crippen LogP contribution in [0.5, 0.6) is 11.5 Å². The Morgan fingerprint density at radius 1 is 1.15 bits per heavy atom. The summed E-state index contributed by atoms with van der Waals surface area (Å²) in [4.78, 5) is 0. The number of rotatable bonds is 5. The van der Waals surface area contributed by atoms with Gasteiger partial charge in [0.15, 0.2) is 0 Å². The Bertz CT molecular complexity index is 1080. The van der Waals surface area contributed by atoms with Crippen LogP contribution in [0.3, 0.4) is 0 Å². The van der Waals surface area contributed by atoms with Crippen LogP contribution >= 0.6 is 11.8 Å². The first-order chi connectivity index (χ1) is 16.5. The molecule has 3 nitrogen and oxygen atoms in total. The number of benzene rings is 2. The van der Waals surface area contributed by atoms with Crippen molar-refractivity contribution in [1.29, 1.82) is 0 Å². The molecule has 6 atom stereocenters. The van der Waals surface area contributed by atoms with Crippen molar-refractivity contribution in [1.82, 2.24) is 0 Å². The van der Waals surface area contributed by atoms with E-state index in [-0.39, 0.29) is 11.0 Å². The molecule has 0 amide bonds. The Morgan fingerprint density at radius 2 is 2.00 bits per heavy atom. The van der Waals surface area contributed by atoms with E-state index in [1.54, 1.807) is 0 Å². The Labute approximate surface area is 207 Å². The van der Waals surface area contributed by atoms with Gasteiger partial charge in [0.25, 0.3) is 0 Å². The highest BCUT2D eigenvalue weighted by Gasteiger charge is 2.64. The van der Waals surface area contributed by atoms with Crippen LogP contribution in [-0.4, -0.2) is 35.9 Å². The van der Waals surface area contributed by atoms with Gasteiger partial charge in [0.05, 0.1) is 18.8 Å². The van der Waals surface area contributed by atoms with Gasteiger partial charge < -0.3 is 14.6 Å². The molecule has 0 bridgehead atoms. The lowest BCUT2D eigenvalue weighted by molar-refractivity contribution is -0.101. The summed E-state index contributed by atoms with van der Waals surface area (Å²) in [5.41, 5.74) is 4.27. The molecule has 6 rings (SSSR count). The first-order valence-electron chi connectivity index (χ1n) is 12.9. The number of aryl methyl sites for hydroxylation is 1. The zero-order valence-corrected chi connectivity index (χ0v) is 21.2. The van der Waals surface area contributed by atoms with Gasteiger partial charge >= 0.3 is 0 Å². The van der Waals surface area contributed by atoms with Crippen LogP contribution in [0.25, 0.3) is 0 Å². The summed E-state index contributed by atoms with van der Waals surface area (Å²) in [6, 6.07) is 15.1. The smallest absolute Gasteiger partial charge is 0.119 e. The molecular weight excluding hydrogens is 440 g/mol. The molecular formula is C30H36O3S. The summed E-state index contributed by atoms with van der Waals surface area (Å²) in [6.07, 6.45) is 12.6. The number of ether oxygens (including phenoxy) is 2. The van der Waals surface area contributed by atoms with E-state index in [0.29, 0.717) is 29.4 Å². The quantitative estimate of drug-likeness (QED) is 0.385. The molecule has 1 aliphatic heterocycles. The van der Waals surface area contributed by atoms with Crippen molar-refractivity contribution in [3.05, 3.63) is 71.3 Å². The number of phenols is 1. The standard InChI is InChI=1S/C30H36O3S/c1-29-19-26(20-4-8-23(9-5-20)32-16-17-34-2)28-24-11-7-22(31)18-21(24)6-10-25(28)27(29)12-14-30(29)13-3-15-33-30/h3-5,7-9,11,13,18,25-28,31H,6,10,12,14-17,19H2,1-2H3/t25-,26+,27-,28+,29-,30-/m0/s1. The maximum Gasteiger partial charge on any atom is 0.119 e. The molecule has 4 aliphatic rings. The maximum atomic E-state index is 10.2. The van der Waals surface area contributed by atoms with Gasteiger partial charge in [-0.1, -0.05) is 37.3 Å². The van der Waals surface area contributed by atoms with Gasteiger partial charge in [-0.3, -0.25) is 0 Å². The molecule has 1 heterocycles. The third kappa shape index (κ3) is 3.44. The summed E-state index contributed by atoms with van der Waals surface area (Å²) >= 11 is 1.81. The van der Waals surface area contributed by atoms with Crippen molar-refractivity contribution < 1.29 is 14.6 Å². The van der Waals surface area contributed by atoms with Crippen molar-refractivity contribution >= 4 is 11.8 Å². The summed E-state index contributed by atoms with van der Waals surface area (Å²) in [7, 11) is 0. The van der Waals surface area contributed by atoms with E-state index in [2.05, 4.69) is 55.7 Å². The topological polar surface area (TPSA) is 38.7 Å². The number of hydrogen-bond acceptors (Lipinski definition) is 4. The van der Waals surface area contributed by atoms with Gasteiger partial charge in [0.2, 0.25) is 0 Å². The van der Waals surface area contributed by atoms with Gasteiger partial charge in [-0.2, -0.15) is 11.8 Å². The lowest BCUT2D eigenvalue weighted by Crippen LogP contribution is -2.52. The lowest BCUT2D eigenvalue weighted by Gasteiger charge is -2.56. The Morgan fingerprint density at radius 3 is 2.76 bits per heavy atom. The highest BCUT2D eigenvalue weighted by molar-refractivity contribution is 7.98. The van der Waals surface area contributed by atoms with Gasteiger partial charge in [0, 0.05) is 11.2 Å². The van der Waals surface area contributed by atoms with Crippen molar-refractivity contribution in [2.75, 3.05) is 25.2 Å². The highest BCUT2D eigenvalue weighted by atomic mass is 32.2. The Hall–Kier alpha value is -1.91. The van der Waals surface area contributed by atoms with E-state index < -0.39 is 0 Å². The molecule has 2 aromatic carbocycles. The predicted molar refractivity (Wildman–Crippen MR) is 139 cm³/mol. The molecule has 0 saturated heterocycles. The minimum absolute atomic E-state index is 0.100. The first-order valence-corrected chi connectivity index (χ1v) is 14.3. The monoisotopic (exact) mass is 476 g/mol. The maximum absolute atomic E-state index is 10.2. The van der Waals surface area contributed by atoms with Crippen molar-refractivity contribution in [2.24, 2.45) is 17.3 Å². The molecule has 1 N–H and O–H groups in total. The second-order valence-corrected chi connectivity index (χ2v) is 12.0. The third-order valence-corrected chi connectivity index (χ3v) is 10.2. The number of thioether (sulfide) groups is 1. The molecule has 180 valence electrons. The van der Waals surface area contributed by atoms with E-state index in [0.717, 1.165) is 44.0 Å². The van der Waals surface area contributed by atoms with E-state index in [1.165, 1.54) is 29.5 Å². The van der Waals surface area contributed by atoms with Crippen LogP contribution in [0, 0.1) is 17.3 Å². The first kappa shape index (κ1) is 22.5. The van der Waals surface area contributed by atoms with E-state index in [9.17, 15) is 5.11 Å². The highest BCUT2D eigenvalue weighted by Crippen LogP contribution is 2.69. The van der Waals surface area contributed by atoms with Crippen molar-refractivity contribution in [3.8, 4) is 11.5 Å². The summed E-state index contributed by atoms with van der Waals surface area (Å²) < 4.78 is 12.5. The van der Waals surface area contributed by atoms with Crippen LogP contribution in [-0.2, 0) is 11.2 Å². The summed E-state index contributed by atoms with van der Waals surface area (Å²) in [5.74, 6) is 4.61. The molecule has 2 aromatic rings. The number of phenolic OH excluding ortho intramolecular Hbond substituents is 1. The molecule has 0 aromatic heterocycles. The van der Waals surface area contributed by atoms with Crippen LogP contribution in [0.1, 0.15) is 61.1 Å². The van der Waals surface area contributed by atoms with Crippen molar-refractivity contribution in [3.63, 3.8) is 0 Å². The van der Waals surface area contributed by atoms with Crippen LogP contribution in [0.15, 0.2) is 54.6 Å². The van der Waals surface area contributed by atoms with E-state index in [4.69, 9.17) is 9.47 Å². The zero-order valence-electron chi connectivity index (χ0n) is 20.3. The molecule has 2 saturated carbocycles. The SMILES string of the molecule is CSCCOc1ccc([C@H]2C[C@@]3(C)[C@@H](CC[C@@]34C=CCO4)[C@@H]3CCc4cc(O)ccc4[C@H]32)cc1. The average Bonchev–Trinajstić information content (AvgIpc) is 3.44. The van der Waals surface area contributed by atoms with Gasteiger partial charge in [0.1, 0.15) is 11.5 Å². The molecule has 0 unspecified atom stereocenters. The second-order valence-electron chi connectivity index (χ2n) is 11.0. The van der Waals surface area contributed by atoms with Crippen LogP contribution < -0.4 is 4.74 Å². The van der Waals surface area contributed by atoms with Crippen molar-refractivity contribution in [2.45, 2.75) is 56.5 Å². The van der Waals surface area contributed by atoms with Crippen LogP contribution in [0.4, 0.5) is 0 Å². The summed E-state index contributed by atoms with van der Waals surface area (Å²) in [5, 5.41) is 10.2. The Balaban J connectivity index is 1.40. The van der Waals surface area contributed by atoms with Gasteiger partial charge in [-0.25, -0.2) is 0 Å². The number of fused-ring (bicyclic) bond motifs is 6. The fourth-order valence-corrected chi connectivity index (χ4v) is 8.34. The Kier molecular flexibility index (Phi) is 5.73. The van der Waals surface area contributed by atoms with Gasteiger partial charge in [-0.05, 0) is 103 Å². The number of hydrogen-bond donors (Lipinski definition) is 1. The molecule has 2 fully saturated rings. The van der Waals surface area contributed by atoms with E-state index in [1.807, 2.05) is 23.9 Å². The molecule has 34 heavy (non-hydrogen) atoms. The average molecular weight is 477 g/mol.